The number of halogens is 6. The van der Waals surface area contributed by atoms with E-state index in [0.29, 0.717) is 4.47 Å². The van der Waals surface area contributed by atoms with Gasteiger partial charge in [0, 0.05) is 10.2 Å². The number of alkyl halides is 3. The summed E-state index contributed by atoms with van der Waals surface area (Å²) in [6.45, 7) is 0. The molecule has 0 fully saturated rings. The third kappa shape index (κ3) is 3.42. The zero-order chi connectivity index (χ0) is 14.9. The first-order valence-corrected chi connectivity index (χ1v) is 7.05. The van der Waals surface area contributed by atoms with Crippen molar-refractivity contribution in [1.82, 2.24) is 9.97 Å². The van der Waals surface area contributed by atoms with Crippen molar-refractivity contribution in [3.8, 4) is 0 Å². The number of benzene rings is 1. The molecule has 9 heteroatoms. The number of nitrogens with zero attached hydrogens (tertiary/aromatic N) is 2. The lowest BCUT2D eigenvalue weighted by molar-refractivity contribution is -0.138. The average Bonchev–Trinajstić information content (AvgIpc) is 2.36. The van der Waals surface area contributed by atoms with Gasteiger partial charge in [0.1, 0.15) is 17.3 Å². The molecule has 0 saturated heterocycles. The predicted molar refractivity (Wildman–Crippen MR) is 77.2 cm³/mol. The van der Waals surface area contributed by atoms with Crippen molar-refractivity contribution in [3.05, 3.63) is 44.2 Å². The van der Waals surface area contributed by atoms with E-state index in [1.807, 2.05) is 0 Å². The Hall–Kier alpha value is -0.860. The fraction of sp³-hybridized carbons (Fsp3) is 0.0909. The highest BCUT2D eigenvalue weighted by Gasteiger charge is 2.33. The van der Waals surface area contributed by atoms with Crippen LogP contribution in [0.15, 0.2) is 33.5 Å². The summed E-state index contributed by atoms with van der Waals surface area (Å²) in [5, 5.41) is 2.91. The molecule has 0 saturated carbocycles. The van der Waals surface area contributed by atoms with E-state index in [1.165, 1.54) is 18.5 Å². The Kier molecular flexibility index (Phi) is 4.55. The standard InChI is InChI=1S/C11H5Br2ClF3N3/c12-7-2-1-5(3-6(7)11(15,16)17)20-10-8(13)9(14)18-4-19-10/h1-4H,(H,18,19,20). The molecule has 0 amide bonds. The van der Waals surface area contributed by atoms with Crippen LogP contribution in [0.4, 0.5) is 24.7 Å². The lowest BCUT2D eigenvalue weighted by atomic mass is 10.2. The third-order valence-electron chi connectivity index (χ3n) is 2.28. The highest BCUT2D eigenvalue weighted by molar-refractivity contribution is 9.11. The van der Waals surface area contributed by atoms with Gasteiger partial charge in [-0.3, -0.25) is 0 Å². The first kappa shape index (κ1) is 15.5. The number of anilines is 2. The minimum absolute atomic E-state index is 0.0321. The SMILES string of the molecule is FC(F)(F)c1cc(Nc2ncnc(Cl)c2Br)ccc1Br. The molecule has 20 heavy (non-hydrogen) atoms. The number of hydrogen-bond donors (Lipinski definition) is 1. The summed E-state index contributed by atoms with van der Waals surface area (Å²) in [6, 6.07) is 3.77. The molecule has 0 aliphatic carbocycles. The van der Waals surface area contributed by atoms with Crippen molar-refractivity contribution in [3.63, 3.8) is 0 Å². The van der Waals surface area contributed by atoms with Crippen LogP contribution in [-0.4, -0.2) is 9.97 Å². The molecule has 2 aromatic rings. The van der Waals surface area contributed by atoms with Crippen LogP contribution >= 0.6 is 43.5 Å². The molecule has 0 unspecified atom stereocenters. The second kappa shape index (κ2) is 5.87. The van der Waals surface area contributed by atoms with E-state index in [-0.39, 0.29) is 21.1 Å². The molecule has 1 aromatic heterocycles. The summed E-state index contributed by atoms with van der Waals surface area (Å²) in [6.07, 6.45) is -3.24. The van der Waals surface area contributed by atoms with Gasteiger partial charge in [-0.1, -0.05) is 27.5 Å². The van der Waals surface area contributed by atoms with Crippen LogP contribution in [0.5, 0.6) is 0 Å². The predicted octanol–water partition coefficient (Wildman–Crippen LogP) is 5.42. The van der Waals surface area contributed by atoms with Crippen molar-refractivity contribution in [2.75, 3.05) is 5.32 Å². The Bertz CT molecular complexity index is 649. The van der Waals surface area contributed by atoms with Crippen LogP contribution in [0.25, 0.3) is 0 Å². The summed E-state index contributed by atoms with van der Waals surface area (Å²) in [5.41, 5.74) is -0.547. The summed E-state index contributed by atoms with van der Waals surface area (Å²) in [7, 11) is 0. The van der Waals surface area contributed by atoms with Gasteiger partial charge >= 0.3 is 6.18 Å². The van der Waals surface area contributed by atoms with E-state index in [4.69, 9.17) is 11.6 Å². The second-order valence-corrected chi connectivity index (χ2v) is 5.65. The molecule has 0 aliphatic heterocycles. The Labute approximate surface area is 133 Å². The molecule has 0 spiro atoms. The van der Waals surface area contributed by atoms with E-state index >= 15 is 0 Å². The van der Waals surface area contributed by atoms with Crippen molar-refractivity contribution in [2.24, 2.45) is 0 Å². The highest BCUT2D eigenvalue weighted by atomic mass is 79.9. The molecule has 0 aliphatic rings. The van der Waals surface area contributed by atoms with E-state index in [9.17, 15) is 13.2 Å². The minimum Gasteiger partial charge on any atom is -0.339 e. The molecule has 0 bridgehead atoms. The van der Waals surface area contributed by atoms with E-state index in [2.05, 4.69) is 47.1 Å². The van der Waals surface area contributed by atoms with Gasteiger partial charge in [0.15, 0.2) is 0 Å². The average molecular weight is 431 g/mol. The molecule has 0 radical (unpaired) electrons. The van der Waals surface area contributed by atoms with E-state index in [1.54, 1.807) is 0 Å². The largest absolute Gasteiger partial charge is 0.417 e. The first-order chi connectivity index (χ1) is 9.29. The van der Waals surface area contributed by atoms with Gasteiger partial charge in [0.25, 0.3) is 0 Å². The van der Waals surface area contributed by atoms with Crippen LogP contribution in [0, 0.1) is 0 Å². The number of nitrogens with one attached hydrogen (secondary N) is 1. The molecule has 0 atom stereocenters. The van der Waals surface area contributed by atoms with Crippen molar-refractivity contribution < 1.29 is 13.2 Å². The van der Waals surface area contributed by atoms with Crippen LogP contribution in [0.2, 0.25) is 5.15 Å². The van der Waals surface area contributed by atoms with Crippen LogP contribution in [0.1, 0.15) is 5.56 Å². The summed E-state index contributed by atoms with van der Waals surface area (Å²) < 4.78 is 38.7. The van der Waals surface area contributed by atoms with Gasteiger partial charge in [0.05, 0.1) is 10.0 Å². The van der Waals surface area contributed by atoms with Gasteiger partial charge in [-0.25, -0.2) is 9.97 Å². The van der Waals surface area contributed by atoms with E-state index < -0.39 is 11.7 Å². The Morgan fingerprint density at radius 3 is 2.50 bits per heavy atom. The normalized spacial score (nSPS) is 11.5. The van der Waals surface area contributed by atoms with Crippen molar-refractivity contribution in [2.45, 2.75) is 6.18 Å². The lowest BCUT2D eigenvalue weighted by Crippen LogP contribution is -2.07. The van der Waals surface area contributed by atoms with Crippen molar-refractivity contribution >= 4 is 55.0 Å². The highest BCUT2D eigenvalue weighted by Crippen LogP contribution is 2.37. The van der Waals surface area contributed by atoms with Crippen LogP contribution in [-0.2, 0) is 6.18 Å². The van der Waals surface area contributed by atoms with Gasteiger partial charge in [-0.05, 0) is 34.1 Å². The number of rotatable bonds is 2. The zero-order valence-corrected chi connectivity index (χ0v) is 13.4. The lowest BCUT2D eigenvalue weighted by Gasteiger charge is -2.13. The smallest absolute Gasteiger partial charge is 0.339 e. The monoisotopic (exact) mass is 429 g/mol. The molecular weight excluding hydrogens is 426 g/mol. The Balaban J connectivity index is 2.38. The minimum atomic E-state index is -4.45. The topological polar surface area (TPSA) is 37.8 Å². The van der Waals surface area contributed by atoms with E-state index in [0.717, 1.165) is 6.07 Å². The summed E-state index contributed by atoms with van der Waals surface area (Å²) in [5.74, 6) is 0.278. The summed E-state index contributed by atoms with van der Waals surface area (Å²) in [4.78, 5) is 7.63. The zero-order valence-electron chi connectivity index (χ0n) is 9.47. The maximum absolute atomic E-state index is 12.8. The fourth-order valence-corrected chi connectivity index (χ4v) is 2.30. The fourth-order valence-electron chi connectivity index (χ4n) is 1.39. The number of hydrogen-bond acceptors (Lipinski definition) is 3. The quantitative estimate of drug-likeness (QED) is 0.646. The van der Waals surface area contributed by atoms with Gasteiger partial charge in [-0.15, -0.1) is 0 Å². The van der Waals surface area contributed by atoms with Gasteiger partial charge < -0.3 is 5.32 Å². The molecule has 1 aromatic carbocycles. The van der Waals surface area contributed by atoms with Gasteiger partial charge in [-0.2, -0.15) is 13.2 Å². The number of aromatic nitrogens is 2. The molecule has 2 rings (SSSR count). The molecule has 3 nitrogen and oxygen atoms in total. The maximum atomic E-state index is 12.8. The molecule has 1 N–H and O–H groups in total. The Morgan fingerprint density at radius 2 is 1.85 bits per heavy atom. The molecular formula is C11H5Br2ClF3N3. The van der Waals surface area contributed by atoms with Crippen molar-refractivity contribution in [1.29, 1.82) is 0 Å². The Morgan fingerprint density at radius 1 is 1.15 bits per heavy atom. The van der Waals surface area contributed by atoms with Gasteiger partial charge in [0.2, 0.25) is 0 Å². The summed E-state index contributed by atoms with van der Waals surface area (Å²) >= 11 is 11.8. The van der Waals surface area contributed by atoms with Crippen LogP contribution < -0.4 is 5.32 Å². The first-order valence-electron chi connectivity index (χ1n) is 5.09. The molecule has 1 heterocycles. The second-order valence-electron chi connectivity index (χ2n) is 3.64. The maximum Gasteiger partial charge on any atom is 0.417 e. The third-order valence-corrected chi connectivity index (χ3v) is 4.24. The van der Waals surface area contributed by atoms with Crippen LogP contribution in [0.3, 0.4) is 0 Å². The molecule has 106 valence electrons.